The van der Waals surface area contributed by atoms with Gasteiger partial charge in [-0.2, -0.15) is 5.10 Å². The molecular formula is C12H23N5O. The van der Waals surface area contributed by atoms with Crippen LogP contribution in [0.25, 0.3) is 0 Å². The molecule has 0 aromatic carbocycles. The highest BCUT2D eigenvalue weighted by Gasteiger charge is 2.17. The third kappa shape index (κ3) is 4.83. The van der Waals surface area contributed by atoms with Crippen LogP contribution >= 0.6 is 0 Å². The minimum absolute atomic E-state index is 0.0995. The van der Waals surface area contributed by atoms with Gasteiger partial charge in [-0.05, 0) is 24.8 Å². The van der Waals surface area contributed by atoms with E-state index in [1.165, 1.54) is 6.33 Å². The van der Waals surface area contributed by atoms with Crippen LogP contribution in [0.4, 0.5) is 0 Å². The van der Waals surface area contributed by atoms with Gasteiger partial charge in [-0.25, -0.2) is 4.98 Å². The Morgan fingerprint density at radius 1 is 1.56 bits per heavy atom. The summed E-state index contributed by atoms with van der Waals surface area (Å²) in [6, 6.07) is 0. The van der Waals surface area contributed by atoms with Crippen LogP contribution in [0.2, 0.25) is 0 Å². The van der Waals surface area contributed by atoms with E-state index in [9.17, 15) is 4.79 Å². The molecule has 18 heavy (non-hydrogen) atoms. The molecule has 0 spiro atoms. The second-order valence-corrected chi connectivity index (χ2v) is 5.12. The van der Waals surface area contributed by atoms with Crippen LogP contribution in [0.5, 0.6) is 0 Å². The summed E-state index contributed by atoms with van der Waals surface area (Å²) in [7, 11) is 1.77. The van der Waals surface area contributed by atoms with E-state index in [-0.39, 0.29) is 11.8 Å². The molecule has 6 nitrogen and oxygen atoms in total. The van der Waals surface area contributed by atoms with Crippen LogP contribution in [0.1, 0.15) is 32.5 Å². The van der Waals surface area contributed by atoms with Gasteiger partial charge in [0.1, 0.15) is 12.2 Å². The second kappa shape index (κ2) is 7.10. The lowest BCUT2D eigenvalue weighted by molar-refractivity contribution is -0.131. The number of rotatable bonds is 7. The average molecular weight is 253 g/mol. The third-order valence-electron chi connectivity index (χ3n) is 2.88. The average Bonchev–Trinajstić information content (AvgIpc) is 2.80. The highest BCUT2D eigenvalue weighted by Crippen LogP contribution is 2.15. The molecule has 1 aromatic rings. The third-order valence-corrected chi connectivity index (χ3v) is 2.88. The van der Waals surface area contributed by atoms with E-state index in [0.717, 1.165) is 6.42 Å². The van der Waals surface area contributed by atoms with Gasteiger partial charge in [0.15, 0.2) is 0 Å². The van der Waals surface area contributed by atoms with Crippen LogP contribution in [-0.2, 0) is 11.3 Å². The first-order chi connectivity index (χ1) is 8.52. The van der Waals surface area contributed by atoms with Crippen molar-refractivity contribution in [3.8, 4) is 0 Å². The number of carbonyl (C=O) groups is 1. The fraction of sp³-hybridized carbons (Fsp3) is 0.750. The molecule has 1 atom stereocenters. The predicted molar refractivity (Wildman–Crippen MR) is 69.5 cm³/mol. The second-order valence-electron chi connectivity index (χ2n) is 5.12. The van der Waals surface area contributed by atoms with Gasteiger partial charge >= 0.3 is 0 Å². The molecule has 6 heteroatoms. The lowest BCUT2D eigenvalue weighted by Gasteiger charge is -2.21. The number of amides is 1. The Bertz CT molecular complexity index is 349. The molecule has 0 radical (unpaired) electrons. The van der Waals surface area contributed by atoms with Crippen molar-refractivity contribution in [3.63, 3.8) is 0 Å². The van der Waals surface area contributed by atoms with Gasteiger partial charge in [0, 0.05) is 13.5 Å². The molecule has 0 bridgehead atoms. The zero-order chi connectivity index (χ0) is 13.5. The van der Waals surface area contributed by atoms with Crippen LogP contribution in [0.3, 0.4) is 0 Å². The number of nitrogens with two attached hydrogens (primary N) is 1. The number of aromatic nitrogens is 3. The summed E-state index contributed by atoms with van der Waals surface area (Å²) in [6.07, 6.45) is 2.92. The number of nitrogens with zero attached hydrogens (tertiary/aromatic N) is 3. The molecule has 0 fully saturated rings. The van der Waals surface area contributed by atoms with Crippen molar-refractivity contribution < 1.29 is 4.79 Å². The van der Waals surface area contributed by atoms with Gasteiger partial charge in [-0.3, -0.25) is 9.89 Å². The van der Waals surface area contributed by atoms with Crippen molar-refractivity contribution in [2.45, 2.75) is 33.2 Å². The largest absolute Gasteiger partial charge is 0.338 e. The van der Waals surface area contributed by atoms with Gasteiger partial charge in [-0.15, -0.1) is 0 Å². The Morgan fingerprint density at radius 2 is 2.28 bits per heavy atom. The number of aromatic amines is 1. The Balaban J connectivity index is 2.43. The van der Waals surface area contributed by atoms with Crippen molar-refractivity contribution in [3.05, 3.63) is 12.2 Å². The van der Waals surface area contributed by atoms with E-state index in [4.69, 9.17) is 5.73 Å². The molecular weight excluding hydrogens is 230 g/mol. The summed E-state index contributed by atoms with van der Waals surface area (Å²) in [6.45, 7) is 5.30. The van der Waals surface area contributed by atoms with Crippen molar-refractivity contribution in [1.29, 1.82) is 0 Å². The van der Waals surface area contributed by atoms with E-state index in [1.807, 2.05) is 0 Å². The zero-order valence-electron chi connectivity index (χ0n) is 11.4. The Kier molecular flexibility index (Phi) is 5.77. The molecule has 3 N–H and O–H groups in total. The van der Waals surface area contributed by atoms with Gasteiger partial charge in [0.25, 0.3) is 0 Å². The normalized spacial score (nSPS) is 12.7. The minimum atomic E-state index is 0.0995. The topological polar surface area (TPSA) is 87.9 Å². The molecule has 0 aliphatic carbocycles. The van der Waals surface area contributed by atoms with E-state index < -0.39 is 0 Å². The lowest BCUT2D eigenvalue weighted by atomic mass is 9.94. The van der Waals surface area contributed by atoms with Crippen LogP contribution < -0.4 is 5.73 Å². The van der Waals surface area contributed by atoms with Gasteiger partial charge < -0.3 is 10.6 Å². The van der Waals surface area contributed by atoms with Crippen molar-refractivity contribution in [2.24, 2.45) is 17.6 Å². The molecule has 0 aliphatic heterocycles. The van der Waals surface area contributed by atoms with Crippen LogP contribution in [0.15, 0.2) is 6.33 Å². The summed E-state index contributed by atoms with van der Waals surface area (Å²) in [5, 5.41) is 6.50. The number of carbonyl (C=O) groups excluding carboxylic acids is 1. The van der Waals surface area contributed by atoms with E-state index in [1.54, 1.807) is 11.9 Å². The summed E-state index contributed by atoms with van der Waals surface area (Å²) in [4.78, 5) is 17.7. The fourth-order valence-corrected chi connectivity index (χ4v) is 1.95. The molecule has 1 amide bonds. The SMILES string of the molecule is CC(C)C[C@H](CN)CC(=O)N(C)Cc1ncn[nH]1. The molecule has 102 valence electrons. The molecule has 0 aliphatic rings. The first kappa shape index (κ1) is 14.6. The highest BCUT2D eigenvalue weighted by molar-refractivity contribution is 5.76. The van der Waals surface area contributed by atoms with E-state index in [0.29, 0.717) is 31.3 Å². The Morgan fingerprint density at radius 3 is 2.78 bits per heavy atom. The van der Waals surface area contributed by atoms with Gasteiger partial charge in [0.2, 0.25) is 5.91 Å². The van der Waals surface area contributed by atoms with Crippen molar-refractivity contribution in [2.75, 3.05) is 13.6 Å². The first-order valence-corrected chi connectivity index (χ1v) is 6.31. The Labute approximate surface area is 108 Å². The van der Waals surface area contributed by atoms with Crippen LogP contribution in [0, 0.1) is 11.8 Å². The minimum Gasteiger partial charge on any atom is -0.338 e. The number of H-pyrrole nitrogens is 1. The van der Waals surface area contributed by atoms with Gasteiger partial charge in [0.05, 0.1) is 6.54 Å². The summed E-state index contributed by atoms with van der Waals surface area (Å²) >= 11 is 0. The summed E-state index contributed by atoms with van der Waals surface area (Å²) in [5.74, 6) is 1.61. The predicted octanol–water partition coefficient (Wildman–Crippen LogP) is 0.774. The molecule has 1 heterocycles. The standard InChI is InChI=1S/C12H23N5O/c1-9(2)4-10(6-13)5-12(18)17(3)7-11-14-8-15-16-11/h8-10H,4-7,13H2,1-3H3,(H,14,15,16)/t10-/m0/s1. The summed E-state index contributed by atoms with van der Waals surface area (Å²) in [5.41, 5.74) is 5.71. The quantitative estimate of drug-likeness (QED) is 0.751. The highest BCUT2D eigenvalue weighted by atomic mass is 16.2. The Hall–Kier alpha value is -1.43. The fourth-order valence-electron chi connectivity index (χ4n) is 1.95. The summed E-state index contributed by atoms with van der Waals surface area (Å²) < 4.78 is 0. The smallest absolute Gasteiger partial charge is 0.223 e. The lowest BCUT2D eigenvalue weighted by Crippen LogP contribution is -2.30. The molecule has 1 rings (SSSR count). The monoisotopic (exact) mass is 253 g/mol. The first-order valence-electron chi connectivity index (χ1n) is 6.31. The van der Waals surface area contributed by atoms with E-state index in [2.05, 4.69) is 29.0 Å². The maximum absolute atomic E-state index is 12.0. The van der Waals surface area contributed by atoms with E-state index >= 15 is 0 Å². The molecule has 1 aromatic heterocycles. The maximum atomic E-state index is 12.0. The number of hydrogen-bond donors (Lipinski definition) is 2. The molecule has 0 saturated heterocycles. The molecule has 0 saturated carbocycles. The number of hydrogen-bond acceptors (Lipinski definition) is 4. The maximum Gasteiger partial charge on any atom is 0.223 e. The van der Waals surface area contributed by atoms with Crippen LogP contribution in [-0.4, -0.2) is 39.6 Å². The van der Waals surface area contributed by atoms with Crippen molar-refractivity contribution >= 4 is 5.91 Å². The zero-order valence-corrected chi connectivity index (χ0v) is 11.4. The van der Waals surface area contributed by atoms with Crippen molar-refractivity contribution in [1.82, 2.24) is 20.1 Å². The van der Waals surface area contributed by atoms with Gasteiger partial charge in [-0.1, -0.05) is 13.8 Å². The number of nitrogens with one attached hydrogen (secondary N) is 1. The molecule has 0 unspecified atom stereocenters.